The fraction of sp³-hybridized carbons (Fsp3) is 0.500. The van der Waals surface area contributed by atoms with Crippen LogP contribution in [-0.2, 0) is 14.3 Å². The van der Waals surface area contributed by atoms with Crippen molar-refractivity contribution in [2.24, 2.45) is 0 Å². The molecule has 0 saturated heterocycles. The Morgan fingerprint density at radius 1 is 1.41 bits per heavy atom. The second-order valence-corrected chi connectivity index (χ2v) is 4.32. The summed E-state index contributed by atoms with van der Waals surface area (Å²) in [7, 11) is 3.02. The van der Waals surface area contributed by atoms with Gasteiger partial charge in [0.25, 0.3) is 0 Å². The first-order valence-electron chi connectivity index (χ1n) is 5.33. The van der Waals surface area contributed by atoms with Crippen LogP contribution in [0, 0.1) is 0 Å². The number of hydrogen-bond donors (Lipinski definition) is 1. The normalized spacial score (nSPS) is 17.9. The standard InChI is InChI=1S/C12H17NO4/c1-12(5-6-12)13(2)8-9(11(16)17-3)10(15)4-7-14/h4,7-8,14H,5-6H2,1-3H3/b7-4+,9-8+. The van der Waals surface area contributed by atoms with Crippen molar-refractivity contribution >= 4 is 11.8 Å². The van der Waals surface area contributed by atoms with Crippen molar-refractivity contribution in [1.29, 1.82) is 0 Å². The summed E-state index contributed by atoms with van der Waals surface area (Å²) < 4.78 is 4.54. The summed E-state index contributed by atoms with van der Waals surface area (Å²) in [5.41, 5.74) is -0.0731. The zero-order chi connectivity index (χ0) is 13.1. The Balaban J connectivity index is 2.93. The first kappa shape index (κ1) is 13.3. The van der Waals surface area contributed by atoms with Gasteiger partial charge in [0.2, 0.25) is 0 Å². The number of methoxy groups -OCH3 is 1. The third-order valence-corrected chi connectivity index (χ3v) is 3.04. The highest BCUT2D eigenvalue weighted by molar-refractivity contribution is 6.21. The summed E-state index contributed by atoms with van der Waals surface area (Å²) in [6.07, 6.45) is 5.06. The summed E-state index contributed by atoms with van der Waals surface area (Å²) in [6, 6.07) is 0. The maximum Gasteiger partial charge on any atom is 0.343 e. The number of ether oxygens (including phenoxy) is 1. The molecule has 94 valence electrons. The quantitative estimate of drug-likeness (QED) is 0.256. The van der Waals surface area contributed by atoms with Gasteiger partial charge in [-0.2, -0.15) is 0 Å². The van der Waals surface area contributed by atoms with E-state index in [1.54, 1.807) is 0 Å². The third kappa shape index (κ3) is 3.09. The molecule has 0 radical (unpaired) electrons. The second-order valence-electron chi connectivity index (χ2n) is 4.32. The number of esters is 1. The van der Waals surface area contributed by atoms with Gasteiger partial charge in [-0.25, -0.2) is 4.79 Å². The number of hydrogen-bond acceptors (Lipinski definition) is 5. The van der Waals surface area contributed by atoms with Crippen LogP contribution in [0.4, 0.5) is 0 Å². The van der Waals surface area contributed by atoms with Crippen molar-refractivity contribution < 1.29 is 19.4 Å². The number of carbonyl (C=O) groups is 2. The molecule has 0 atom stereocenters. The molecule has 17 heavy (non-hydrogen) atoms. The number of ketones is 1. The molecule has 1 N–H and O–H groups in total. The highest BCUT2D eigenvalue weighted by Gasteiger charge is 2.40. The lowest BCUT2D eigenvalue weighted by molar-refractivity contribution is -0.137. The minimum absolute atomic E-state index is 0.0163. The van der Waals surface area contributed by atoms with Crippen LogP contribution < -0.4 is 0 Å². The average Bonchev–Trinajstić information content (AvgIpc) is 3.04. The molecule has 0 aromatic rings. The fourth-order valence-electron chi connectivity index (χ4n) is 1.37. The molecule has 0 aromatic heterocycles. The van der Waals surface area contributed by atoms with Crippen molar-refractivity contribution in [2.75, 3.05) is 14.2 Å². The van der Waals surface area contributed by atoms with Gasteiger partial charge in [0.05, 0.1) is 13.4 Å². The van der Waals surface area contributed by atoms with E-state index in [2.05, 4.69) is 4.74 Å². The van der Waals surface area contributed by atoms with Gasteiger partial charge < -0.3 is 14.7 Å². The van der Waals surface area contributed by atoms with Crippen molar-refractivity contribution in [3.05, 3.63) is 24.1 Å². The van der Waals surface area contributed by atoms with E-state index in [4.69, 9.17) is 5.11 Å². The molecule has 0 amide bonds. The topological polar surface area (TPSA) is 66.8 Å². The number of aliphatic hydroxyl groups excluding tert-OH is 1. The Labute approximate surface area is 100 Å². The Kier molecular flexibility index (Phi) is 3.93. The van der Waals surface area contributed by atoms with E-state index in [0.717, 1.165) is 18.9 Å². The van der Waals surface area contributed by atoms with Crippen LogP contribution >= 0.6 is 0 Å². The molecule has 0 aliphatic heterocycles. The van der Waals surface area contributed by atoms with E-state index < -0.39 is 11.8 Å². The molecular formula is C12H17NO4. The van der Waals surface area contributed by atoms with E-state index >= 15 is 0 Å². The molecular weight excluding hydrogens is 222 g/mol. The fourth-order valence-corrected chi connectivity index (χ4v) is 1.37. The summed E-state index contributed by atoms with van der Waals surface area (Å²) in [5, 5.41) is 8.55. The predicted octanol–water partition coefficient (Wildman–Crippen LogP) is 1.17. The summed E-state index contributed by atoms with van der Waals surface area (Å²) in [6.45, 7) is 2.05. The molecule has 0 bridgehead atoms. The van der Waals surface area contributed by atoms with Gasteiger partial charge in [0.15, 0.2) is 5.78 Å². The lowest BCUT2D eigenvalue weighted by Crippen LogP contribution is -2.28. The van der Waals surface area contributed by atoms with Crippen LogP contribution in [0.25, 0.3) is 0 Å². The van der Waals surface area contributed by atoms with Gasteiger partial charge in [0, 0.05) is 24.9 Å². The highest BCUT2D eigenvalue weighted by atomic mass is 16.5. The number of nitrogens with zero attached hydrogens (tertiary/aromatic N) is 1. The minimum Gasteiger partial charge on any atom is -0.515 e. The van der Waals surface area contributed by atoms with Crippen LogP contribution in [0.3, 0.4) is 0 Å². The number of carbonyl (C=O) groups excluding carboxylic acids is 2. The highest BCUT2D eigenvalue weighted by Crippen LogP contribution is 2.40. The van der Waals surface area contributed by atoms with Crippen LogP contribution in [0.1, 0.15) is 19.8 Å². The first-order chi connectivity index (χ1) is 7.94. The maximum atomic E-state index is 11.6. The number of allylic oxidation sites excluding steroid dienone is 1. The summed E-state index contributed by atoms with van der Waals surface area (Å²) >= 11 is 0. The van der Waals surface area contributed by atoms with E-state index in [0.29, 0.717) is 6.26 Å². The average molecular weight is 239 g/mol. The molecule has 5 heteroatoms. The van der Waals surface area contributed by atoms with Gasteiger partial charge in [-0.05, 0) is 19.8 Å². The SMILES string of the molecule is COC(=O)/C(=C/N(C)C1(C)CC1)C(=O)/C=C/O. The zero-order valence-corrected chi connectivity index (χ0v) is 10.3. The predicted molar refractivity (Wildman–Crippen MR) is 62.3 cm³/mol. The van der Waals surface area contributed by atoms with E-state index in [1.165, 1.54) is 13.3 Å². The Morgan fingerprint density at radius 2 is 2.00 bits per heavy atom. The lowest BCUT2D eigenvalue weighted by atomic mass is 10.1. The Bertz CT molecular complexity index is 380. The molecule has 5 nitrogen and oxygen atoms in total. The Hall–Kier alpha value is -1.78. The molecule has 0 heterocycles. The largest absolute Gasteiger partial charge is 0.515 e. The maximum absolute atomic E-state index is 11.6. The van der Waals surface area contributed by atoms with E-state index in [1.807, 2.05) is 18.9 Å². The van der Waals surface area contributed by atoms with Gasteiger partial charge in [-0.1, -0.05) is 0 Å². The first-order valence-corrected chi connectivity index (χ1v) is 5.33. The summed E-state index contributed by atoms with van der Waals surface area (Å²) in [5.74, 6) is -1.28. The molecule has 1 rings (SSSR count). The van der Waals surface area contributed by atoms with Crippen molar-refractivity contribution in [1.82, 2.24) is 4.90 Å². The molecule has 0 aromatic carbocycles. The molecule has 1 aliphatic carbocycles. The molecule has 0 spiro atoms. The zero-order valence-electron chi connectivity index (χ0n) is 10.3. The molecule has 1 fully saturated rings. The van der Waals surface area contributed by atoms with Crippen molar-refractivity contribution in [3.63, 3.8) is 0 Å². The van der Waals surface area contributed by atoms with Crippen LogP contribution in [0.5, 0.6) is 0 Å². The van der Waals surface area contributed by atoms with E-state index in [9.17, 15) is 9.59 Å². The van der Waals surface area contributed by atoms with Crippen LogP contribution in [-0.4, -0.2) is 41.5 Å². The van der Waals surface area contributed by atoms with Crippen molar-refractivity contribution in [3.8, 4) is 0 Å². The van der Waals surface area contributed by atoms with E-state index in [-0.39, 0.29) is 11.1 Å². The van der Waals surface area contributed by atoms with Gasteiger partial charge in [-0.3, -0.25) is 4.79 Å². The second kappa shape index (κ2) is 5.03. The van der Waals surface area contributed by atoms with Gasteiger partial charge in [-0.15, -0.1) is 0 Å². The smallest absolute Gasteiger partial charge is 0.343 e. The molecule has 1 aliphatic rings. The number of aliphatic hydroxyl groups is 1. The van der Waals surface area contributed by atoms with Gasteiger partial charge in [0.1, 0.15) is 5.57 Å². The molecule has 1 saturated carbocycles. The Morgan fingerprint density at radius 3 is 2.41 bits per heavy atom. The van der Waals surface area contributed by atoms with Crippen molar-refractivity contribution in [2.45, 2.75) is 25.3 Å². The van der Waals surface area contributed by atoms with Crippen LogP contribution in [0.15, 0.2) is 24.1 Å². The third-order valence-electron chi connectivity index (χ3n) is 3.04. The van der Waals surface area contributed by atoms with Gasteiger partial charge >= 0.3 is 5.97 Å². The monoisotopic (exact) mass is 239 g/mol. The lowest BCUT2D eigenvalue weighted by Gasteiger charge is -2.23. The number of rotatable bonds is 5. The minimum atomic E-state index is -0.704. The molecule has 0 unspecified atom stereocenters. The summed E-state index contributed by atoms with van der Waals surface area (Å²) in [4.78, 5) is 24.9. The van der Waals surface area contributed by atoms with Crippen LogP contribution in [0.2, 0.25) is 0 Å².